The normalized spacial score (nSPS) is 18.6. The zero-order valence-electron chi connectivity index (χ0n) is 13.5. The molecule has 0 aromatic heterocycles. The van der Waals surface area contributed by atoms with Crippen LogP contribution in [0.4, 0.5) is 0 Å². The molecule has 113 valence electrons. The molecule has 1 fully saturated rings. The lowest BCUT2D eigenvalue weighted by molar-refractivity contribution is 0.284. The smallest absolute Gasteiger partial charge is 0.0248 e. The molecule has 0 saturated heterocycles. The van der Waals surface area contributed by atoms with E-state index in [9.17, 15) is 0 Å². The van der Waals surface area contributed by atoms with E-state index in [1.807, 2.05) is 0 Å². The monoisotopic (exact) mass is 266 g/mol. The lowest BCUT2D eigenvalue weighted by atomic mass is 9.84. The quantitative estimate of drug-likeness (QED) is 0.426. The molecular weight excluding hydrogens is 230 g/mol. The first-order chi connectivity index (χ1) is 9.36. The van der Waals surface area contributed by atoms with Crippen LogP contribution in [0.25, 0.3) is 0 Å². The number of hydrogen-bond donors (Lipinski definition) is 0. The highest BCUT2D eigenvalue weighted by atomic mass is 14.9. The molecule has 1 heteroatoms. The Balaban J connectivity index is 2.21. The van der Waals surface area contributed by atoms with Crippen molar-refractivity contribution in [2.75, 3.05) is 6.54 Å². The summed E-state index contributed by atoms with van der Waals surface area (Å²) in [5, 5.41) is 5.01. The summed E-state index contributed by atoms with van der Waals surface area (Å²) in [6.45, 7) is 5.68. The highest BCUT2D eigenvalue weighted by Gasteiger charge is 2.19. The van der Waals surface area contributed by atoms with Crippen LogP contribution in [0.2, 0.25) is 0 Å². The lowest BCUT2D eigenvalue weighted by Gasteiger charge is -2.26. The van der Waals surface area contributed by atoms with Crippen molar-refractivity contribution in [2.45, 2.75) is 103 Å². The molecular formula is C18H36N. The summed E-state index contributed by atoms with van der Waals surface area (Å²) in [7, 11) is 0. The molecule has 1 unspecified atom stereocenters. The Morgan fingerprint density at radius 3 is 2.32 bits per heavy atom. The second kappa shape index (κ2) is 11.8. The minimum absolute atomic E-state index is 0.687. The first-order valence-electron chi connectivity index (χ1n) is 9.03. The molecule has 0 aromatic rings. The van der Waals surface area contributed by atoms with Crippen molar-refractivity contribution in [2.24, 2.45) is 5.92 Å². The minimum atomic E-state index is 0.687. The summed E-state index contributed by atoms with van der Waals surface area (Å²) in [4.78, 5) is 0. The molecule has 1 aliphatic carbocycles. The van der Waals surface area contributed by atoms with Crippen LogP contribution < -0.4 is 5.32 Å². The van der Waals surface area contributed by atoms with Gasteiger partial charge in [0.25, 0.3) is 0 Å². The molecule has 1 atom stereocenters. The summed E-state index contributed by atoms with van der Waals surface area (Å²) in [6, 6.07) is 0.687. The van der Waals surface area contributed by atoms with Gasteiger partial charge in [0, 0.05) is 12.6 Å². The van der Waals surface area contributed by atoms with Crippen LogP contribution in [0.15, 0.2) is 0 Å². The van der Waals surface area contributed by atoms with Gasteiger partial charge in [-0.1, -0.05) is 78.1 Å². The van der Waals surface area contributed by atoms with Crippen molar-refractivity contribution >= 4 is 0 Å². The highest BCUT2D eigenvalue weighted by Crippen LogP contribution is 2.28. The molecule has 0 heterocycles. The predicted molar refractivity (Wildman–Crippen MR) is 85.6 cm³/mol. The van der Waals surface area contributed by atoms with Gasteiger partial charge in [-0.05, 0) is 25.2 Å². The van der Waals surface area contributed by atoms with Gasteiger partial charge in [-0.3, -0.25) is 0 Å². The van der Waals surface area contributed by atoms with Gasteiger partial charge in [-0.25, -0.2) is 5.32 Å². The first-order valence-corrected chi connectivity index (χ1v) is 9.03. The van der Waals surface area contributed by atoms with Gasteiger partial charge in [0.2, 0.25) is 0 Å². The average molecular weight is 266 g/mol. The van der Waals surface area contributed by atoms with Crippen LogP contribution in [0.3, 0.4) is 0 Å². The van der Waals surface area contributed by atoms with Crippen molar-refractivity contribution in [1.82, 2.24) is 5.32 Å². The summed E-state index contributed by atoms with van der Waals surface area (Å²) >= 11 is 0. The Labute approximate surface area is 121 Å². The van der Waals surface area contributed by atoms with E-state index in [0.29, 0.717) is 6.04 Å². The highest BCUT2D eigenvalue weighted by molar-refractivity contribution is 4.74. The van der Waals surface area contributed by atoms with Crippen LogP contribution in [0, 0.1) is 5.92 Å². The SMILES string of the molecule is CCCCCCC(CC1CCCCC1)[N]CCCC. The van der Waals surface area contributed by atoms with E-state index in [0.717, 1.165) is 12.5 Å². The zero-order valence-corrected chi connectivity index (χ0v) is 13.5. The molecule has 1 nitrogen and oxygen atoms in total. The van der Waals surface area contributed by atoms with Gasteiger partial charge < -0.3 is 0 Å². The maximum Gasteiger partial charge on any atom is 0.0248 e. The van der Waals surface area contributed by atoms with E-state index in [1.54, 1.807) is 0 Å². The van der Waals surface area contributed by atoms with E-state index in [2.05, 4.69) is 13.8 Å². The van der Waals surface area contributed by atoms with E-state index in [1.165, 1.54) is 83.5 Å². The van der Waals surface area contributed by atoms with Crippen LogP contribution in [0.5, 0.6) is 0 Å². The summed E-state index contributed by atoms with van der Waals surface area (Å²) in [5.41, 5.74) is 0. The van der Waals surface area contributed by atoms with Crippen LogP contribution >= 0.6 is 0 Å². The average Bonchev–Trinajstić information content (AvgIpc) is 2.44. The lowest BCUT2D eigenvalue weighted by Crippen LogP contribution is -2.27. The fraction of sp³-hybridized carbons (Fsp3) is 1.00. The standard InChI is InChI=1S/C18H36N/c1-3-5-7-11-14-18(19-15-6-4-2)16-17-12-9-8-10-13-17/h17-18H,3-16H2,1-2H3. The molecule has 1 aliphatic rings. The molecule has 0 bridgehead atoms. The fourth-order valence-electron chi connectivity index (χ4n) is 3.33. The van der Waals surface area contributed by atoms with E-state index < -0.39 is 0 Å². The molecule has 0 amide bonds. The van der Waals surface area contributed by atoms with Crippen molar-refractivity contribution in [3.05, 3.63) is 0 Å². The number of hydrogen-bond acceptors (Lipinski definition) is 0. The summed E-state index contributed by atoms with van der Waals surface area (Å²) in [5.74, 6) is 0.996. The Morgan fingerprint density at radius 1 is 0.895 bits per heavy atom. The summed E-state index contributed by atoms with van der Waals surface area (Å²) < 4.78 is 0. The molecule has 0 spiro atoms. The molecule has 1 radical (unpaired) electrons. The van der Waals surface area contributed by atoms with E-state index in [4.69, 9.17) is 5.32 Å². The zero-order chi connectivity index (χ0) is 13.8. The van der Waals surface area contributed by atoms with Gasteiger partial charge in [0.15, 0.2) is 0 Å². The van der Waals surface area contributed by atoms with Gasteiger partial charge in [-0.2, -0.15) is 0 Å². The van der Waals surface area contributed by atoms with Gasteiger partial charge in [0.05, 0.1) is 0 Å². The van der Waals surface area contributed by atoms with E-state index in [-0.39, 0.29) is 0 Å². The molecule has 0 aromatic carbocycles. The second-order valence-electron chi connectivity index (χ2n) is 6.50. The number of unbranched alkanes of at least 4 members (excludes halogenated alkanes) is 4. The van der Waals surface area contributed by atoms with Gasteiger partial charge in [-0.15, -0.1) is 0 Å². The second-order valence-corrected chi connectivity index (χ2v) is 6.50. The summed E-state index contributed by atoms with van der Waals surface area (Å²) in [6.07, 6.45) is 18.3. The third-order valence-corrected chi connectivity index (χ3v) is 4.62. The fourth-order valence-corrected chi connectivity index (χ4v) is 3.33. The van der Waals surface area contributed by atoms with Crippen LogP contribution in [-0.4, -0.2) is 12.6 Å². The van der Waals surface area contributed by atoms with Crippen molar-refractivity contribution < 1.29 is 0 Å². The van der Waals surface area contributed by atoms with E-state index >= 15 is 0 Å². The van der Waals surface area contributed by atoms with Crippen molar-refractivity contribution in [3.8, 4) is 0 Å². The maximum atomic E-state index is 5.01. The van der Waals surface area contributed by atoms with Gasteiger partial charge in [0.1, 0.15) is 0 Å². The maximum absolute atomic E-state index is 5.01. The number of nitrogens with zero attached hydrogens (tertiary/aromatic N) is 1. The Morgan fingerprint density at radius 2 is 1.63 bits per heavy atom. The number of rotatable bonds is 11. The van der Waals surface area contributed by atoms with Crippen molar-refractivity contribution in [3.63, 3.8) is 0 Å². The molecule has 19 heavy (non-hydrogen) atoms. The molecule has 0 aliphatic heterocycles. The minimum Gasteiger partial charge on any atom is -0.238 e. The Kier molecular flexibility index (Phi) is 10.5. The van der Waals surface area contributed by atoms with Gasteiger partial charge >= 0.3 is 0 Å². The molecule has 0 N–H and O–H groups in total. The third-order valence-electron chi connectivity index (χ3n) is 4.62. The largest absolute Gasteiger partial charge is 0.238 e. The molecule has 1 saturated carbocycles. The van der Waals surface area contributed by atoms with Crippen molar-refractivity contribution in [1.29, 1.82) is 0 Å². The Hall–Kier alpha value is -0.0400. The topological polar surface area (TPSA) is 14.1 Å². The Bertz CT molecular complexity index is 184. The first kappa shape index (κ1) is 17.0. The van der Waals surface area contributed by atoms with Crippen LogP contribution in [-0.2, 0) is 0 Å². The third kappa shape index (κ3) is 8.68. The predicted octanol–water partition coefficient (Wildman–Crippen LogP) is 5.70. The van der Waals surface area contributed by atoms with Crippen LogP contribution in [0.1, 0.15) is 97.3 Å². The molecule has 1 rings (SSSR count).